The Morgan fingerprint density at radius 2 is 2.11 bits per heavy atom. The number of sulfonamides is 1. The number of benzene rings is 1. The number of halogens is 1. The van der Waals surface area contributed by atoms with Gasteiger partial charge in [0.15, 0.2) is 0 Å². The molecular weight excluding hydrogens is 288 g/mol. The number of morpholine rings is 1. The number of hydrogen-bond acceptors (Lipinski definition) is 4. The molecule has 2 N–H and O–H groups in total. The lowest BCUT2D eigenvalue weighted by Crippen LogP contribution is -2.55. The Kier molecular flexibility index (Phi) is 3.79. The molecule has 2 rings (SSSR count). The third-order valence-electron chi connectivity index (χ3n) is 3.11. The van der Waals surface area contributed by atoms with Gasteiger partial charge < -0.3 is 10.5 Å². The van der Waals surface area contributed by atoms with Gasteiger partial charge in [-0.2, -0.15) is 4.31 Å². The van der Waals surface area contributed by atoms with Crippen molar-refractivity contribution in [1.29, 1.82) is 0 Å². The molecule has 0 radical (unpaired) electrons. The fraction of sp³-hybridized carbons (Fsp3) is 0.500. The molecule has 1 aliphatic rings. The van der Waals surface area contributed by atoms with Crippen LogP contribution in [0.5, 0.6) is 0 Å². The van der Waals surface area contributed by atoms with Crippen LogP contribution < -0.4 is 5.73 Å². The summed E-state index contributed by atoms with van der Waals surface area (Å²) in [6.45, 7) is 4.64. The largest absolute Gasteiger partial charge is 0.398 e. The Morgan fingerprint density at radius 3 is 2.68 bits per heavy atom. The van der Waals surface area contributed by atoms with E-state index in [-0.39, 0.29) is 15.6 Å². The quantitative estimate of drug-likeness (QED) is 0.844. The molecule has 106 valence electrons. The predicted octanol–water partition coefficient (Wildman–Crippen LogP) is 1.72. The van der Waals surface area contributed by atoms with Gasteiger partial charge in [-0.05, 0) is 26.0 Å². The van der Waals surface area contributed by atoms with Gasteiger partial charge in [0, 0.05) is 6.54 Å². The molecule has 7 heteroatoms. The Labute approximate surface area is 118 Å². The lowest BCUT2D eigenvalue weighted by Gasteiger charge is -2.41. The van der Waals surface area contributed by atoms with Crippen LogP contribution in [0.2, 0.25) is 5.02 Å². The minimum Gasteiger partial charge on any atom is -0.398 e. The fourth-order valence-corrected chi connectivity index (χ4v) is 4.59. The van der Waals surface area contributed by atoms with Crippen LogP contribution in [0.4, 0.5) is 5.69 Å². The standard InChI is InChI=1S/C12H17ClN2O3S/c1-12(2)8-18-7-6-15(12)19(16,17)11-9(13)4-3-5-10(11)14/h3-5H,6-8,14H2,1-2H3. The Balaban J connectivity index is 2.54. The van der Waals surface area contributed by atoms with Crippen LogP contribution in [-0.2, 0) is 14.8 Å². The van der Waals surface area contributed by atoms with E-state index in [9.17, 15) is 8.42 Å². The van der Waals surface area contributed by atoms with Gasteiger partial charge in [0.1, 0.15) is 4.90 Å². The Bertz CT molecular complexity index is 566. The van der Waals surface area contributed by atoms with E-state index in [4.69, 9.17) is 22.1 Å². The molecule has 5 nitrogen and oxygen atoms in total. The van der Waals surface area contributed by atoms with Crippen LogP contribution in [0.25, 0.3) is 0 Å². The van der Waals surface area contributed by atoms with Crippen molar-refractivity contribution in [3.05, 3.63) is 23.2 Å². The van der Waals surface area contributed by atoms with Crippen molar-refractivity contribution in [1.82, 2.24) is 4.31 Å². The molecule has 1 saturated heterocycles. The third kappa shape index (κ3) is 2.58. The number of hydrogen-bond donors (Lipinski definition) is 1. The van der Waals surface area contributed by atoms with E-state index in [1.165, 1.54) is 16.4 Å². The van der Waals surface area contributed by atoms with Gasteiger partial charge in [-0.3, -0.25) is 0 Å². The summed E-state index contributed by atoms with van der Waals surface area (Å²) >= 11 is 6.01. The summed E-state index contributed by atoms with van der Waals surface area (Å²) in [5.41, 5.74) is 5.32. The van der Waals surface area contributed by atoms with Gasteiger partial charge in [0.25, 0.3) is 0 Å². The maximum Gasteiger partial charge on any atom is 0.247 e. The number of anilines is 1. The zero-order valence-corrected chi connectivity index (χ0v) is 12.5. The van der Waals surface area contributed by atoms with Crippen molar-refractivity contribution < 1.29 is 13.2 Å². The Hall–Kier alpha value is -0.820. The van der Waals surface area contributed by atoms with Crippen LogP contribution in [0.15, 0.2) is 23.1 Å². The van der Waals surface area contributed by atoms with Crippen molar-refractivity contribution in [3.63, 3.8) is 0 Å². The predicted molar refractivity (Wildman–Crippen MR) is 74.7 cm³/mol. The highest BCUT2D eigenvalue weighted by Gasteiger charge is 2.41. The maximum atomic E-state index is 12.8. The van der Waals surface area contributed by atoms with E-state index in [0.29, 0.717) is 19.8 Å². The molecule has 19 heavy (non-hydrogen) atoms. The summed E-state index contributed by atoms with van der Waals surface area (Å²) in [4.78, 5) is -0.0216. The molecule has 1 aromatic rings. The van der Waals surface area contributed by atoms with Crippen molar-refractivity contribution in [2.24, 2.45) is 0 Å². The molecular formula is C12H17ClN2O3S. The van der Waals surface area contributed by atoms with Crippen LogP contribution in [0, 0.1) is 0 Å². The van der Waals surface area contributed by atoms with Gasteiger partial charge in [0.2, 0.25) is 10.0 Å². The van der Waals surface area contributed by atoms with Crippen molar-refractivity contribution in [3.8, 4) is 0 Å². The highest BCUT2D eigenvalue weighted by Crippen LogP contribution is 2.34. The molecule has 1 aliphatic heterocycles. The first kappa shape index (κ1) is 14.6. The van der Waals surface area contributed by atoms with E-state index in [0.717, 1.165) is 0 Å². The number of nitrogens with two attached hydrogens (primary N) is 1. The zero-order chi connectivity index (χ0) is 14.3. The maximum absolute atomic E-state index is 12.8. The number of rotatable bonds is 2. The minimum absolute atomic E-state index is 0.0216. The van der Waals surface area contributed by atoms with E-state index in [1.54, 1.807) is 6.07 Å². The van der Waals surface area contributed by atoms with Crippen molar-refractivity contribution >= 4 is 27.3 Å². The highest BCUT2D eigenvalue weighted by atomic mass is 35.5. The molecule has 0 bridgehead atoms. The van der Waals surface area contributed by atoms with E-state index in [1.807, 2.05) is 13.8 Å². The lowest BCUT2D eigenvalue weighted by molar-refractivity contribution is -0.00768. The fourth-order valence-electron chi connectivity index (χ4n) is 2.20. The van der Waals surface area contributed by atoms with E-state index >= 15 is 0 Å². The molecule has 1 heterocycles. The summed E-state index contributed by atoms with van der Waals surface area (Å²) in [6.07, 6.45) is 0. The number of ether oxygens (including phenoxy) is 1. The van der Waals surface area contributed by atoms with Crippen molar-refractivity contribution in [2.45, 2.75) is 24.3 Å². The first-order valence-corrected chi connectivity index (χ1v) is 7.73. The molecule has 1 aromatic carbocycles. The third-order valence-corrected chi connectivity index (χ3v) is 5.77. The first-order valence-electron chi connectivity index (χ1n) is 5.91. The van der Waals surface area contributed by atoms with Crippen molar-refractivity contribution in [2.75, 3.05) is 25.5 Å². The molecule has 0 unspecified atom stereocenters. The Morgan fingerprint density at radius 1 is 1.42 bits per heavy atom. The average Bonchev–Trinajstić information content (AvgIpc) is 2.27. The summed E-state index contributed by atoms with van der Waals surface area (Å²) in [6, 6.07) is 4.69. The first-order chi connectivity index (χ1) is 8.77. The summed E-state index contributed by atoms with van der Waals surface area (Å²) in [5, 5.41) is 0.141. The second kappa shape index (κ2) is 4.94. The average molecular weight is 305 g/mol. The minimum atomic E-state index is -3.73. The van der Waals surface area contributed by atoms with Gasteiger partial charge in [-0.1, -0.05) is 17.7 Å². The van der Waals surface area contributed by atoms with Crippen LogP contribution in [0.3, 0.4) is 0 Å². The van der Waals surface area contributed by atoms with Gasteiger partial charge in [-0.15, -0.1) is 0 Å². The topological polar surface area (TPSA) is 72.6 Å². The van der Waals surface area contributed by atoms with E-state index < -0.39 is 15.6 Å². The smallest absolute Gasteiger partial charge is 0.247 e. The molecule has 0 aliphatic carbocycles. The summed E-state index contributed by atoms with van der Waals surface area (Å²) < 4.78 is 32.2. The lowest BCUT2D eigenvalue weighted by atomic mass is 10.1. The monoisotopic (exact) mass is 304 g/mol. The molecule has 0 atom stereocenters. The second-order valence-electron chi connectivity index (χ2n) is 5.10. The molecule has 0 saturated carbocycles. The normalized spacial score (nSPS) is 20.4. The van der Waals surface area contributed by atoms with Crippen LogP contribution >= 0.6 is 11.6 Å². The summed E-state index contributed by atoms with van der Waals surface area (Å²) in [5.74, 6) is 0. The van der Waals surface area contributed by atoms with E-state index in [2.05, 4.69) is 0 Å². The molecule has 0 spiro atoms. The zero-order valence-electron chi connectivity index (χ0n) is 10.9. The van der Waals surface area contributed by atoms with Gasteiger partial charge in [0.05, 0.1) is 29.5 Å². The molecule has 1 fully saturated rings. The molecule has 0 aromatic heterocycles. The van der Waals surface area contributed by atoms with Crippen LogP contribution in [0.1, 0.15) is 13.8 Å². The number of nitrogen functional groups attached to an aromatic ring is 1. The van der Waals surface area contributed by atoms with Crippen LogP contribution in [-0.4, -0.2) is 38.0 Å². The van der Waals surface area contributed by atoms with Gasteiger partial charge >= 0.3 is 0 Å². The highest BCUT2D eigenvalue weighted by molar-refractivity contribution is 7.89. The van der Waals surface area contributed by atoms with Gasteiger partial charge in [-0.25, -0.2) is 8.42 Å². The summed E-state index contributed by atoms with van der Waals surface area (Å²) in [7, 11) is -3.73. The molecule has 0 amide bonds. The SMILES string of the molecule is CC1(C)COCCN1S(=O)(=O)c1c(N)cccc1Cl. The second-order valence-corrected chi connectivity index (χ2v) is 7.31. The number of nitrogens with zero attached hydrogens (tertiary/aromatic N) is 1.